The first-order valence-corrected chi connectivity index (χ1v) is 14.0. The van der Waals surface area contributed by atoms with E-state index in [4.69, 9.17) is 31.7 Å². The summed E-state index contributed by atoms with van der Waals surface area (Å²) in [6, 6.07) is -0.777. The molecule has 0 saturated carbocycles. The summed E-state index contributed by atoms with van der Waals surface area (Å²) >= 11 is 5.85. The molecule has 1 heterocycles. The van der Waals surface area contributed by atoms with Crippen LogP contribution in [-0.2, 0) is 28.6 Å². The molecule has 232 valence electrons. The largest absolute Gasteiger partial charge is 0.490 e. The van der Waals surface area contributed by atoms with Crippen molar-refractivity contribution in [1.82, 2.24) is 16.1 Å². The highest BCUT2D eigenvalue weighted by atomic mass is 35.5. The average Bonchev–Trinajstić information content (AvgIpc) is 2.94. The quantitative estimate of drug-likeness (QED) is 0.0539. The molecule has 0 aromatic heterocycles. The van der Waals surface area contributed by atoms with Gasteiger partial charge in [-0.3, -0.25) is 15.0 Å². The van der Waals surface area contributed by atoms with Gasteiger partial charge in [-0.1, -0.05) is 74.4 Å². The van der Waals surface area contributed by atoms with E-state index in [-0.39, 0.29) is 23.7 Å². The lowest BCUT2D eigenvalue weighted by atomic mass is 9.97. The zero-order valence-corrected chi connectivity index (χ0v) is 25.8. The van der Waals surface area contributed by atoms with Crippen molar-refractivity contribution >= 4 is 35.5 Å². The Hall–Kier alpha value is -3.83. The number of allylic oxidation sites excluding steroid dienone is 5. The number of hydrazine groups is 1. The van der Waals surface area contributed by atoms with Gasteiger partial charge in [0, 0.05) is 36.3 Å². The maximum atomic E-state index is 12.7. The number of carbonyl (C=O) groups is 4. The van der Waals surface area contributed by atoms with Crippen LogP contribution < -0.4 is 21.9 Å². The predicted octanol–water partition coefficient (Wildman–Crippen LogP) is 4.19. The number of cyclic esters (lactones) is 1. The second-order valence-corrected chi connectivity index (χ2v) is 10.6. The Morgan fingerprint density at radius 3 is 2.45 bits per heavy atom. The number of methoxy groups -OCH3 is 1. The maximum absolute atomic E-state index is 12.7. The SMILES string of the molecule is COC1=CCC(C(C)/C=C(C)/C=C\C=C/C(=O)NC(C(=O)N/C=C\CC(C/C=C(\C)Cl)OC(=O)NN)C(C)C)OC1=O. The first-order valence-electron chi connectivity index (χ1n) is 13.6. The Kier molecular flexibility index (Phi) is 16.7. The maximum Gasteiger partial charge on any atom is 0.421 e. The molecule has 0 saturated heterocycles. The number of halogens is 1. The van der Waals surface area contributed by atoms with Gasteiger partial charge >= 0.3 is 12.1 Å². The van der Waals surface area contributed by atoms with Crippen molar-refractivity contribution in [2.75, 3.05) is 7.11 Å². The van der Waals surface area contributed by atoms with Crippen LogP contribution >= 0.6 is 11.6 Å². The summed E-state index contributed by atoms with van der Waals surface area (Å²) < 4.78 is 15.6. The van der Waals surface area contributed by atoms with E-state index in [1.165, 1.54) is 19.4 Å². The highest BCUT2D eigenvalue weighted by Gasteiger charge is 2.27. The lowest BCUT2D eigenvalue weighted by Crippen LogP contribution is -2.48. The molecule has 1 aliphatic rings. The van der Waals surface area contributed by atoms with E-state index < -0.39 is 36.0 Å². The second kappa shape index (κ2) is 19.3. The summed E-state index contributed by atoms with van der Waals surface area (Å²) in [5.41, 5.74) is 2.84. The van der Waals surface area contributed by atoms with Crippen LogP contribution in [0.25, 0.3) is 0 Å². The Morgan fingerprint density at radius 2 is 1.86 bits per heavy atom. The molecule has 0 bridgehead atoms. The molecule has 1 aliphatic heterocycles. The molecule has 0 aromatic carbocycles. The van der Waals surface area contributed by atoms with E-state index in [0.29, 0.717) is 24.3 Å². The molecule has 42 heavy (non-hydrogen) atoms. The monoisotopic (exact) mass is 606 g/mol. The lowest BCUT2D eigenvalue weighted by Gasteiger charge is -2.25. The average molecular weight is 607 g/mol. The van der Waals surface area contributed by atoms with Crippen molar-refractivity contribution in [1.29, 1.82) is 0 Å². The molecule has 0 aliphatic carbocycles. The summed E-state index contributed by atoms with van der Waals surface area (Å²) in [7, 11) is 1.43. The first kappa shape index (κ1) is 36.2. The van der Waals surface area contributed by atoms with E-state index in [0.717, 1.165) is 5.57 Å². The highest BCUT2D eigenvalue weighted by Crippen LogP contribution is 2.22. The molecule has 0 fully saturated rings. The number of amides is 3. The van der Waals surface area contributed by atoms with Crippen LogP contribution in [0.3, 0.4) is 0 Å². The smallest absolute Gasteiger partial charge is 0.421 e. The van der Waals surface area contributed by atoms with Crippen molar-refractivity contribution in [2.45, 2.75) is 72.1 Å². The number of esters is 1. The van der Waals surface area contributed by atoms with Gasteiger partial charge in [0.15, 0.2) is 5.76 Å². The summed E-state index contributed by atoms with van der Waals surface area (Å²) in [6.07, 6.45) is 14.6. The molecule has 4 unspecified atom stereocenters. The fourth-order valence-corrected chi connectivity index (χ4v) is 3.91. The molecular formula is C30H43ClN4O7. The molecule has 12 heteroatoms. The summed E-state index contributed by atoms with van der Waals surface area (Å²) in [5.74, 6) is 3.81. The number of carbonyl (C=O) groups excluding carboxylic acids is 4. The van der Waals surface area contributed by atoms with Crippen LogP contribution in [0.5, 0.6) is 0 Å². The zero-order valence-electron chi connectivity index (χ0n) is 25.0. The molecule has 11 nitrogen and oxygen atoms in total. The van der Waals surface area contributed by atoms with Crippen LogP contribution in [0.15, 0.2) is 71.2 Å². The van der Waals surface area contributed by atoms with Gasteiger partial charge in [-0.05, 0) is 32.0 Å². The van der Waals surface area contributed by atoms with E-state index >= 15 is 0 Å². The third-order valence-corrected chi connectivity index (χ3v) is 6.24. The number of rotatable bonds is 15. The number of ether oxygens (including phenoxy) is 3. The third kappa shape index (κ3) is 14.2. The standard InChI is InChI=1S/C30H43ClN4O7/c1-19(2)27(28(37)33-17-9-11-23(14-13-22(5)31)41-30(39)35-32)34-26(36)12-8-7-10-20(3)18-21(4)24-15-16-25(40-6)29(38)42-24/h7-10,12-13,16-19,21,23-24,27H,11,14-15,32H2,1-6H3,(H,33,37)(H,34,36)(H,35,39)/b10-7-,12-8-,17-9-,20-18+,22-13+. The molecular weight excluding hydrogens is 564 g/mol. The van der Waals surface area contributed by atoms with Gasteiger partial charge in [0.25, 0.3) is 0 Å². The molecule has 0 spiro atoms. The second-order valence-electron chi connectivity index (χ2n) is 10.0. The molecule has 5 N–H and O–H groups in total. The first-order chi connectivity index (χ1) is 19.9. The molecule has 4 atom stereocenters. The van der Waals surface area contributed by atoms with Gasteiger partial charge in [-0.15, -0.1) is 0 Å². The number of hydrogen-bond donors (Lipinski definition) is 4. The highest BCUT2D eigenvalue weighted by molar-refractivity contribution is 6.29. The van der Waals surface area contributed by atoms with Crippen molar-refractivity contribution in [2.24, 2.45) is 17.7 Å². The minimum atomic E-state index is -0.782. The number of hydrogen-bond acceptors (Lipinski definition) is 8. The molecule has 1 rings (SSSR count). The fourth-order valence-electron chi connectivity index (χ4n) is 3.83. The van der Waals surface area contributed by atoms with Crippen LogP contribution in [-0.4, -0.2) is 49.2 Å². The van der Waals surface area contributed by atoms with E-state index in [1.807, 2.05) is 45.3 Å². The van der Waals surface area contributed by atoms with Gasteiger partial charge in [0.1, 0.15) is 18.2 Å². The van der Waals surface area contributed by atoms with E-state index in [1.54, 1.807) is 37.3 Å². The number of nitrogens with two attached hydrogens (primary N) is 1. The Labute approximate surface area is 252 Å². The van der Waals surface area contributed by atoms with Crippen LogP contribution in [0, 0.1) is 11.8 Å². The van der Waals surface area contributed by atoms with Crippen LogP contribution in [0.1, 0.15) is 53.9 Å². The van der Waals surface area contributed by atoms with Crippen molar-refractivity contribution in [3.8, 4) is 0 Å². The van der Waals surface area contributed by atoms with Gasteiger partial charge in [-0.25, -0.2) is 15.4 Å². The van der Waals surface area contributed by atoms with Gasteiger partial charge < -0.3 is 24.8 Å². The number of nitrogens with one attached hydrogen (secondary N) is 3. The topological polar surface area (TPSA) is 158 Å². The third-order valence-electron chi connectivity index (χ3n) is 6.09. The summed E-state index contributed by atoms with van der Waals surface area (Å²) in [6.45, 7) is 9.21. The minimum absolute atomic E-state index is 0.0181. The zero-order chi connectivity index (χ0) is 31.7. The van der Waals surface area contributed by atoms with Crippen LogP contribution in [0.4, 0.5) is 4.79 Å². The Morgan fingerprint density at radius 1 is 1.17 bits per heavy atom. The van der Waals surface area contributed by atoms with Gasteiger partial charge in [-0.2, -0.15) is 0 Å². The van der Waals surface area contributed by atoms with Gasteiger partial charge in [0.2, 0.25) is 11.8 Å². The van der Waals surface area contributed by atoms with Crippen LogP contribution in [0.2, 0.25) is 0 Å². The van der Waals surface area contributed by atoms with E-state index in [2.05, 4.69) is 10.6 Å². The minimum Gasteiger partial charge on any atom is -0.490 e. The van der Waals surface area contributed by atoms with Gasteiger partial charge in [0.05, 0.1) is 7.11 Å². The van der Waals surface area contributed by atoms with Crippen molar-refractivity contribution in [3.63, 3.8) is 0 Å². The molecule has 3 amide bonds. The van der Waals surface area contributed by atoms with Crippen molar-refractivity contribution < 1.29 is 33.4 Å². The fraction of sp³-hybridized carbons (Fsp3) is 0.467. The normalized spacial score (nSPS) is 18.5. The summed E-state index contributed by atoms with van der Waals surface area (Å²) in [5, 5.41) is 5.91. The Balaban J connectivity index is 2.64. The molecule has 0 radical (unpaired) electrons. The Bertz CT molecular complexity index is 1120. The summed E-state index contributed by atoms with van der Waals surface area (Å²) in [4.78, 5) is 48.5. The van der Waals surface area contributed by atoms with E-state index in [9.17, 15) is 19.2 Å². The molecule has 0 aromatic rings. The predicted molar refractivity (Wildman–Crippen MR) is 161 cm³/mol. The van der Waals surface area contributed by atoms with Crippen molar-refractivity contribution in [3.05, 3.63) is 71.2 Å². The lowest BCUT2D eigenvalue weighted by molar-refractivity contribution is -0.151.